The van der Waals surface area contributed by atoms with Gasteiger partial charge in [-0.05, 0) is 26.9 Å². The number of ether oxygens (including phenoxy) is 3. The van der Waals surface area contributed by atoms with E-state index in [0.717, 1.165) is 32.2 Å². The fourth-order valence-corrected chi connectivity index (χ4v) is 2.33. The molecule has 5 heteroatoms. The standard InChI is InChI=1S/C15H29NO4/c1-5-7-8-13(6-2)15(18-10-9-16(3)4)19-11-14(17)12-20-15/h13H,5-12H2,1-4H3. The van der Waals surface area contributed by atoms with Gasteiger partial charge in [0.2, 0.25) is 0 Å². The Morgan fingerprint density at radius 3 is 2.45 bits per heavy atom. The average Bonchev–Trinajstić information content (AvgIpc) is 2.42. The second-order valence-corrected chi connectivity index (χ2v) is 5.62. The molecule has 0 aromatic heterocycles. The quantitative estimate of drug-likeness (QED) is 0.649. The monoisotopic (exact) mass is 287 g/mol. The number of carbonyl (C=O) groups excluding carboxylic acids is 1. The van der Waals surface area contributed by atoms with Crippen molar-refractivity contribution in [1.82, 2.24) is 4.90 Å². The molecule has 0 aromatic carbocycles. The third kappa shape index (κ3) is 5.13. The molecular weight excluding hydrogens is 258 g/mol. The molecule has 1 atom stereocenters. The van der Waals surface area contributed by atoms with Crippen LogP contribution >= 0.6 is 0 Å². The number of unbranched alkanes of at least 4 members (excludes halogenated alkanes) is 1. The number of hydrogen-bond donors (Lipinski definition) is 0. The predicted octanol–water partition coefficient (Wildman–Crippen LogP) is 2.05. The minimum absolute atomic E-state index is 0.0258. The normalized spacial score (nSPS) is 20.4. The Kier molecular flexibility index (Phi) is 7.66. The summed E-state index contributed by atoms with van der Waals surface area (Å²) < 4.78 is 17.3. The lowest BCUT2D eigenvalue weighted by molar-refractivity contribution is -0.411. The first kappa shape index (κ1) is 17.6. The molecule has 0 bridgehead atoms. The van der Waals surface area contributed by atoms with Crippen molar-refractivity contribution in [2.24, 2.45) is 5.92 Å². The summed E-state index contributed by atoms with van der Waals surface area (Å²) in [6.45, 7) is 5.78. The van der Waals surface area contributed by atoms with Gasteiger partial charge in [-0.2, -0.15) is 0 Å². The number of ketones is 1. The SMILES string of the molecule is CCCCC(CC)C1(OCCN(C)C)OCC(=O)CO1. The Morgan fingerprint density at radius 1 is 1.30 bits per heavy atom. The molecule has 1 rings (SSSR count). The first-order chi connectivity index (χ1) is 9.54. The van der Waals surface area contributed by atoms with Crippen LogP contribution in [-0.2, 0) is 19.0 Å². The largest absolute Gasteiger partial charge is 0.326 e. The molecule has 0 aromatic rings. The van der Waals surface area contributed by atoms with Gasteiger partial charge in [-0.1, -0.05) is 26.7 Å². The minimum atomic E-state index is -1.03. The van der Waals surface area contributed by atoms with Crippen molar-refractivity contribution in [3.63, 3.8) is 0 Å². The highest BCUT2D eigenvalue weighted by molar-refractivity contribution is 5.81. The van der Waals surface area contributed by atoms with Crippen molar-refractivity contribution in [3.8, 4) is 0 Å². The van der Waals surface area contributed by atoms with Gasteiger partial charge in [-0.25, -0.2) is 0 Å². The second kappa shape index (κ2) is 8.72. The smallest absolute Gasteiger partial charge is 0.286 e. The zero-order valence-electron chi connectivity index (χ0n) is 13.3. The Bertz CT molecular complexity index is 284. The average molecular weight is 287 g/mol. The predicted molar refractivity (Wildman–Crippen MR) is 77.5 cm³/mol. The van der Waals surface area contributed by atoms with Gasteiger partial charge in [0.25, 0.3) is 5.97 Å². The molecule has 1 heterocycles. The lowest BCUT2D eigenvalue weighted by Gasteiger charge is -2.41. The summed E-state index contributed by atoms with van der Waals surface area (Å²) in [4.78, 5) is 13.4. The van der Waals surface area contributed by atoms with Crippen molar-refractivity contribution in [1.29, 1.82) is 0 Å². The molecule has 1 aliphatic heterocycles. The van der Waals surface area contributed by atoms with Crippen LogP contribution in [0.1, 0.15) is 39.5 Å². The molecule has 0 aliphatic carbocycles. The molecule has 1 aliphatic rings. The van der Waals surface area contributed by atoms with Gasteiger partial charge >= 0.3 is 0 Å². The van der Waals surface area contributed by atoms with E-state index in [1.54, 1.807) is 0 Å². The van der Waals surface area contributed by atoms with Crippen molar-refractivity contribution < 1.29 is 19.0 Å². The maximum absolute atomic E-state index is 11.3. The van der Waals surface area contributed by atoms with Gasteiger partial charge in [0, 0.05) is 12.5 Å². The van der Waals surface area contributed by atoms with Crippen LogP contribution in [0.4, 0.5) is 0 Å². The first-order valence-electron chi connectivity index (χ1n) is 7.62. The molecular formula is C15H29NO4. The van der Waals surface area contributed by atoms with Crippen LogP contribution in [0.5, 0.6) is 0 Å². The summed E-state index contributed by atoms with van der Waals surface area (Å²) in [7, 11) is 3.99. The molecule has 1 fully saturated rings. The summed E-state index contributed by atoms with van der Waals surface area (Å²) in [5.74, 6) is -0.895. The van der Waals surface area contributed by atoms with E-state index in [1.165, 1.54) is 0 Å². The van der Waals surface area contributed by atoms with E-state index in [2.05, 4.69) is 18.7 Å². The highest BCUT2D eigenvalue weighted by Crippen LogP contribution is 2.34. The number of rotatable bonds is 9. The van der Waals surface area contributed by atoms with Gasteiger partial charge in [-0.3, -0.25) is 4.79 Å². The van der Waals surface area contributed by atoms with Crippen LogP contribution < -0.4 is 0 Å². The van der Waals surface area contributed by atoms with Crippen molar-refractivity contribution in [3.05, 3.63) is 0 Å². The molecule has 0 N–H and O–H groups in total. The van der Waals surface area contributed by atoms with Crippen LogP contribution in [0.2, 0.25) is 0 Å². The van der Waals surface area contributed by atoms with Gasteiger partial charge in [0.1, 0.15) is 13.2 Å². The summed E-state index contributed by atoms with van der Waals surface area (Å²) in [6.07, 6.45) is 4.14. The molecule has 0 spiro atoms. The van der Waals surface area contributed by atoms with Crippen molar-refractivity contribution in [2.45, 2.75) is 45.5 Å². The third-order valence-electron chi connectivity index (χ3n) is 3.61. The molecule has 118 valence electrons. The number of Topliss-reactive ketones (excluding diaryl/α,β-unsaturated/α-hetero) is 1. The van der Waals surface area contributed by atoms with Crippen molar-refractivity contribution in [2.75, 3.05) is 40.5 Å². The van der Waals surface area contributed by atoms with E-state index >= 15 is 0 Å². The zero-order chi connectivity index (χ0) is 15.0. The topological polar surface area (TPSA) is 48.0 Å². The van der Waals surface area contributed by atoms with E-state index in [0.29, 0.717) is 6.61 Å². The fourth-order valence-electron chi connectivity index (χ4n) is 2.33. The summed E-state index contributed by atoms with van der Waals surface area (Å²) in [6, 6.07) is 0. The Morgan fingerprint density at radius 2 is 1.95 bits per heavy atom. The van der Waals surface area contributed by atoms with Crippen LogP contribution in [-0.4, -0.2) is 57.1 Å². The molecule has 1 unspecified atom stereocenters. The van der Waals surface area contributed by atoms with Crippen LogP contribution in [0.3, 0.4) is 0 Å². The van der Waals surface area contributed by atoms with E-state index in [1.807, 2.05) is 14.1 Å². The van der Waals surface area contributed by atoms with Gasteiger partial charge in [0.05, 0.1) is 6.61 Å². The van der Waals surface area contributed by atoms with Crippen LogP contribution in [0, 0.1) is 5.92 Å². The van der Waals surface area contributed by atoms with Gasteiger partial charge < -0.3 is 19.1 Å². The second-order valence-electron chi connectivity index (χ2n) is 5.62. The van der Waals surface area contributed by atoms with E-state index in [9.17, 15) is 4.79 Å². The molecule has 0 radical (unpaired) electrons. The number of hydrogen-bond acceptors (Lipinski definition) is 5. The molecule has 0 amide bonds. The molecule has 1 saturated heterocycles. The summed E-state index contributed by atoms with van der Waals surface area (Å²) in [5, 5.41) is 0. The van der Waals surface area contributed by atoms with Gasteiger partial charge in [0.15, 0.2) is 5.78 Å². The molecule has 20 heavy (non-hydrogen) atoms. The number of carbonyl (C=O) groups is 1. The van der Waals surface area contributed by atoms with E-state index in [4.69, 9.17) is 14.2 Å². The summed E-state index contributed by atoms with van der Waals surface area (Å²) >= 11 is 0. The number of likely N-dealkylation sites (N-methyl/N-ethyl adjacent to an activating group) is 1. The Hall–Kier alpha value is -0.490. The maximum atomic E-state index is 11.3. The maximum Gasteiger partial charge on any atom is 0.286 e. The lowest BCUT2D eigenvalue weighted by atomic mass is 9.96. The van der Waals surface area contributed by atoms with Crippen molar-refractivity contribution >= 4 is 5.78 Å². The third-order valence-corrected chi connectivity index (χ3v) is 3.61. The molecule has 0 saturated carbocycles. The minimum Gasteiger partial charge on any atom is -0.326 e. The number of nitrogens with zero attached hydrogens (tertiary/aromatic N) is 1. The van der Waals surface area contributed by atoms with E-state index < -0.39 is 5.97 Å². The lowest BCUT2D eigenvalue weighted by Crippen LogP contribution is -2.52. The molecule has 5 nitrogen and oxygen atoms in total. The fraction of sp³-hybridized carbons (Fsp3) is 0.933. The first-order valence-corrected chi connectivity index (χ1v) is 7.62. The highest BCUT2D eigenvalue weighted by atomic mass is 16.9. The zero-order valence-corrected chi connectivity index (χ0v) is 13.3. The van der Waals surface area contributed by atoms with E-state index in [-0.39, 0.29) is 24.9 Å². The van der Waals surface area contributed by atoms with Crippen LogP contribution in [0.15, 0.2) is 0 Å². The summed E-state index contributed by atoms with van der Waals surface area (Å²) in [5.41, 5.74) is 0. The highest BCUT2D eigenvalue weighted by Gasteiger charge is 2.44. The Labute approximate surface area is 122 Å². The van der Waals surface area contributed by atoms with Gasteiger partial charge in [-0.15, -0.1) is 0 Å². The van der Waals surface area contributed by atoms with Crippen LogP contribution in [0.25, 0.3) is 0 Å². The Balaban J connectivity index is 2.68.